The average molecular weight is 326 g/mol. The third-order valence-electron chi connectivity index (χ3n) is 3.74. The Morgan fingerprint density at radius 3 is 2.54 bits per heavy atom. The lowest BCUT2D eigenvalue weighted by molar-refractivity contribution is 0.293. The second kappa shape index (κ2) is 6.66. The number of nitrogens with two attached hydrogens (primary N) is 1. The van der Waals surface area contributed by atoms with Gasteiger partial charge in [0.15, 0.2) is 11.6 Å². The van der Waals surface area contributed by atoms with E-state index in [0.29, 0.717) is 5.56 Å². The normalized spacial score (nSPS) is 10.6. The molecule has 122 valence electrons. The third-order valence-corrected chi connectivity index (χ3v) is 3.74. The van der Waals surface area contributed by atoms with Crippen molar-refractivity contribution in [3.63, 3.8) is 0 Å². The zero-order chi connectivity index (χ0) is 17.1. The van der Waals surface area contributed by atoms with Gasteiger partial charge in [0.05, 0.1) is 5.56 Å². The number of rotatable bonds is 4. The highest BCUT2D eigenvalue weighted by molar-refractivity contribution is 5.66. The number of hydrogen-bond donors (Lipinski definition) is 1. The van der Waals surface area contributed by atoms with Crippen molar-refractivity contribution in [2.75, 3.05) is 5.73 Å². The summed E-state index contributed by atoms with van der Waals surface area (Å²) < 4.78 is 33.4. The number of benzene rings is 2. The molecule has 0 unspecified atom stereocenters. The van der Waals surface area contributed by atoms with Gasteiger partial charge in [-0.3, -0.25) is 0 Å². The molecule has 0 aliphatic carbocycles. The zero-order valence-electron chi connectivity index (χ0n) is 13.1. The molecule has 5 heteroatoms. The Bertz CT molecular complexity index is 867. The van der Waals surface area contributed by atoms with Crippen LogP contribution < -0.4 is 10.5 Å². The Labute approximate surface area is 138 Å². The highest BCUT2D eigenvalue weighted by atomic mass is 19.1. The molecule has 0 atom stereocenters. The van der Waals surface area contributed by atoms with Crippen LogP contribution in [0.15, 0.2) is 54.7 Å². The van der Waals surface area contributed by atoms with Crippen LogP contribution in [0.1, 0.15) is 11.1 Å². The Kier molecular flexibility index (Phi) is 4.42. The molecule has 0 amide bonds. The molecule has 0 aliphatic heterocycles. The highest BCUT2D eigenvalue weighted by Gasteiger charge is 2.13. The standard InChI is InChI=1S/C19H16F2N2O/c1-12-7-8-16(20)15(18(12)21)11-24-17-9-14(10-23-19(17)22)13-5-3-2-4-6-13/h2-10H,11H2,1H3,(H2,22,23). The van der Waals surface area contributed by atoms with Gasteiger partial charge < -0.3 is 10.5 Å². The first-order valence-corrected chi connectivity index (χ1v) is 7.43. The number of anilines is 1. The van der Waals surface area contributed by atoms with Crippen LogP contribution in [0.2, 0.25) is 0 Å². The molecule has 1 heterocycles. The fourth-order valence-corrected chi connectivity index (χ4v) is 2.36. The number of pyridine rings is 1. The topological polar surface area (TPSA) is 48.1 Å². The summed E-state index contributed by atoms with van der Waals surface area (Å²) in [4.78, 5) is 4.10. The Morgan fingerprint density at radius 2 is 1.79 bits per heavy atom. The van der Waals surface area contributed by atoms with Crippen LogP contribution in [-0.2, 0) is 6.61 Å². The first-order valence-electron chi connectivity index (χ1n) is 7.43. The number of nitrogens with zero attached hydrogens (tertiary/aromatic N) is 1. The summed E-state index contributed by atoms with van der Waals surface area (Å²) in [5.74, 6) is -0.801. The van der Waals surface area contributed by atoms with Gasteiger partial charge in [-0.05, 0) is 30.2 Å². The summed E-state index contributed by atoms with van der Waals surface area (Å²) in [7, 11) is 0. The zero-order valence-corrected chi connectivity index (χ0v) is 13.1. The lowest BCUT2D eigenvalue weighted by Gasteiger charge is -2.12. The van der Waals surface area contributed by atoms with Gasteiger partial charge in [0.25, 0.3) is 0 Å². The molecular formula is C19H16F2N2O. The van der Waals surface area contributed by atoms with Crippen molar-refractivity contribution in [3.8, 4) is 16.9 Å². The minimum atomic E-state index is -0.649. The van der Waals surface area contributed by atoms with Crippen LogP contribution in [0.3, 0.4) is 0 Å². The number of nitrogen functional groups attached to an aromatic ring is 1. The lowest BCUT2D eigenvalue weighted by atomic mass is 10.1. The molecule has 0 spiro atoms. The second-order valence-electron chi connectivity index (χ2n) is 5.42. The van der Waals surface area contributed by atoms with Gasteiger partial charge in [-0.1, -0.05) is 36.4 Å². The van der Waals surface area contributed by atoms with E-state index >= 15 is 0 Å². The summed E-state index contributed by atoms with van der Waals surface area (Å²) in [5, 5.41) is 0. The minimum Gasteiger partial charge on any atom is -0.485 e. The molecule has 3 aromatic rings. The van der Waals surface area contributed by atoms with E-state index in [0.717, 1.165) is 11.1 Å². The lowest BCUT2D eigenvalue weighted by Crippen LogP contribution is -2.05. The summed E-state index contributed by atoms with van der Waals surface area (Å²) in [6.07, 6.45) is 1.63. The molecule has 3 nitrogen and oxygen atoms in total. The fourth-order valence-electron chi connectivity index (χ4n) is 2.36. The minimum absolute atomic E-state index is 0.125. The van der Waals surface area contributed by atoms with Gasteiger partial charge in [-0.25, -0.2) is 13.8 Å². The molecule has 1 aromatic heterocycles. The van der Waals surface area contributed by atoms with Crippen molar-refractivity contribution in [3.05, 3.63) is 77.5 Å². The predicted octanol–water partition coefficient (Wildman–Crippen LogP) is 4.50. The van der Waals surface area contributed by atoms with E-state index in [1.807, 2.05) is 30.3 Å². The average Bonchev–Trinajstić information content (AvgIpc) is 2.60. The number of aryl methyl sites for hydroxylation is 1. The molecule has 0 bridgehead atoms. The van der Waals surface area contributed by atoms with E-state index in [1.54, 1.807) is 19.2 Å². The number of hydrogen-bond acceptors (Lipinski definition) is 3. The SMILES string of the molecule is Cc1ccc(F)c(COc2cc(-c3ccccc3)cnc2N)c1F. The molecule has 0 aliphatic rings. The summed E-state index contributed by atoms with van der Waals surface area (Å²) in [6, 6.07) is 13.9. The number of aromatic nitrogens is 1. The second-order valence-corrected chi connectivity index (χ2v) is 5.42. The Balaban J connectivity index is 1.87. The molecule has 3 rings (SSSR count). The highest BCUT2D eigenvalue weighted by Crippen LogP contribution is 2.28. The molecule has 24 heavy (non-hydrogen) atoms. The van der Waals surface area contributed by atoms with Crippen LogP contribution in [-0.4, -0.2) is 4.98 Å². The fraction of sp³-hybridized carbons (Fsp3) is 0.105. The number of ether oxygens (including phenoxy) is 1. The van der Waals surface area contributed by atoms with Crippen molar-refractivity contribution in [1.82, 2.24) is 4.98 Å². The Morgan fingerprint density at radius 1 is 1.04 bits per heavy atom. The molecule has 2 N–H and O–H groups in total. The summed E-state index contributed by atoms with van der Waals surface area (Å²) in [6.45, 7) is 1.31. The summed E-state index contributed by atoms with van der Waals surface area (Å²) >= 11 is 0. The van der Waals surface area contributed by atoms with Crippen LogP contribution in [0.25, 0.3) is 11.1 Å². The molecule has 2 aromatic carbocycles. The number of halogens is 2. The van der Waals surface area contributed by atoms with Gasteiger partial charge in [-0.15, -0.1) is 0 Å². The molecule has 0 fully saturated rings. The van der Waals surface area contributed by atoms with Gasteiger partial charge in [0.1, 0.15) is 18.2 Å². The largest absolute Gasteiger partial charge is 0.485 e. The van der Waals surface area contributed by atoms with Gasteiger partial charge >= 0.3 is 0 Å². The van der Waals surface area contributed by atoms with Crippen molar-refractivity contribution < 1.29 is 13.5 Å². The molecular weight excluding hydrogens is 310 g/mol. The molecule has 0 saturated carbocycles. The quantitative estimate of drug-likeness (QED) is 0.768. The third kappa shape index (κ3) is 3.20. The van der Waals surface area contributed by atoms with E-state index in [-0.39, 0.29) is 23.7 Å². The van der Waals surface area contributed by atoms with Crippen LogP contribution in [0, 0.1) is 18.6 Å². The van der Waals surface area contributed by atoms with Crippen molar-refractivity contribution >= 4 is 5.82 Å². The van der Waals surface area contributed by atoms with E-state index < -0.39 is 11.6 Å². The first kappa shape index (κ1) is 15.9. The van der Waals surface area contributed by atoms with E-state index in [4.69, 9.17) is 10.5 Å². The van der Waals surface area contributed by atoms with E-state index in [9.17, 15) is 8.78 Å². The van der Waals surface area contributed by atoms with Crippen molar-refractivity contribution in [2.45, 2.75) is 13.5 Å². The maximum Gasteiger partial charge on any atom is 0.166 e. The monoisotopic (exact) mass is 326 g/mol. The first-order chi connectivity index (χ1) is 11.6. The van der Waals surface area contributed by atoms with Gasteiger partial charge in [0.2, 0.25) is 0 Å². The van der Waals surface area contributed by atoms with Crippen molar-refractivity contribution in [1.29, 1.82) is 0 Å². The van der Waals surface area contributed by atoms with E-state index in [2.05, 4.69) is 4.98 Å². The predicted molar refractivity (Wildman–Crippen MR) is 89.5 cm³/mol. The van der Waals surface area contributed by atoms with Gasteiger partial charge in [0, 0.05) is 11.8 Å². The smallest absolute Gasteiger partial charge is 0.166 e. The summed E-state index contributed by atoms with van der Waals surface area (Å²) in [5.41, 5.74) is 7.81. The van der Waals surface area contributed by atoms with Gasteiger partial charge in [-0.2, -0.15) is 0 Å². The molecule has 0 saturated heterocycles. The maximum absolute atomic E-state index is 14.0. The van der Waals surface area contributed by atoms with Crippen molar-refractivity contribution in [2.24, 2.45) is 0 Å². The maximum atomic E-state index is 14.0. The van der Waals surface area contributed by atoms with Crippen LogP contribution >= 0.6 is 0 Å². The van der Waals surface area contributed by atoms with Crippen LogP contribution in [0.5, 0.6) is 5.75 Å². The Hall–Kier alpha value is -2.95. The van der Waals surface area contributed by atoms with Crippen LogP contribution in [0.4, 0.5) is 14.6 Å². The van der Waals surface area contributed by atoms with E-state index in [1.165, 1.54) is 12.1 Å². The molecule has 0 radical (unpaired) electrons.